The highest BCUT2D eigenvalue weighted by atomic mass is 35.5. The summed E-state index contributed by atoms with van der Waals surface area (Å²) in [6, 6.07) is 14.1. The number of benzene rings is 2. The van der Waals surface area contributed by atoms with Gasteiger partial charge in [-0.3, -0.25) is 4.79 Å². The fourth-order valence-corrected chi connectivity index (χ4v) is 3.90. The number of carbonyl (C=O) groups is 1. The smallest absolute Gasteiger partial charge is 0.241 e. The molecule has 0 radical (unpaired) electrons. The van der Waals surface area contributed by atoms with Crippen LogP contribution in [0.4, 0.5) is 10.1 Å². The molecule has 0 aromatic heterocycles. The van der Waals surface area contributed by atoms with Crippen molar-refractivity contribution in [3.05, 3.63) is 64.9 Å². The van der Waals surface area contributed by atoms with Crippen LogP contribution in [0.3, 0.4) is 0 Å². The lowest BCUT2D eigenvalue weighted by molar-refractivity contribution is -0.117. The van der Waals surface area contributed by atoms with E-state index in [1.165, 1.54) is 36.6 Å². The zero-order valence-electron chi connectivity index (χ0n) is 14.9. The van der Waals surface area contributed by atoms with E-state index in [0.717, 1.165) is 19.4 Å². The molecule has 1 saturated carbocycles. The van der Waals surface area contributed by atoms with Gasteiger partial charge in [-0.15, -0.1) is 0 Å². The summed E-state index contributed by atoms with van der Waals surface area (Å²) in [5, 5.41) is 6.35. The van der Waals surface area contributed by atoms with Gasteiger partial charge >= 0.3 is 0 Å². The van der Waals surface area contributed by atoms with Crippen molar-refractivity contribution in [1.82, 2.24) is 5.32 Å². The van der Waals surface area contributed by atoms with Crippen LogP contribution in [0.5, 0.6) is 0 Å². The molecule has 1 aliphatic rings. The first-order valence-electron chi connectivity index (χ1n) is 9.05. The number of amides is 1. The highest BCUT2D eigenvalue weighted by Gasteiger charge is 2.35. The van der Waals surface area contributed by atoms with Crippen molar-refractivity contribution in [3.8, 4) is 0 Å². The molecule has 1 unspecified atom stereocenters. The van der Waals surface area contributed by atoms with E-state index in [1.54, 1.807) is 0 Å². The molecule has 1 amide bonds. The second-order valence-electron chi connectivity index (χ2n) is 7.07. The van der Waals surface area contributed by atoms with Gasteiger partial charge in [0.25, 0.3) is 0 Å². The Balaban J connectivity index is 1.63. The third-order valence-electron chi connectivity index (χ3n) is 5.28. The van der Waals surface area contributed by atoms with Gasteiger partial charge in [-0.25, -0.2) is 4.39 Å². The van der Waals surface area contributed by atoms with E-state index in [4.69, 9.17) is 11.6 Å². The maximum atomic E-state index is 13.1. The van der Waals surface area contributed by atoms with Crippen molar-refractivity contribution < 1.29 is 9.18 Å². The number of anilines is 1. The Morgan fingerprint density at radius 1 is 1.19 bits per heavy atom. The number of halogens is 2. The molecule has 138 valence electrons. The van der Waals surface area contributed by atoms with Crippen LogP contribution in [0.2, 0.25) is 5.02 Å². The van der Waals surface area contributed by atoms with E-state index < -0.39 is 5.82 Å². The van der Waals surface area contributed by atoms with Gasteiger partial charge in [0.15, 0.2) is 0 Å². The van der Waals surface area contributed by atoms with Crippen LogP contribution in [-0.4, -0.2) is 18.5 Å². The Morgan fingerprint density at radius 2 is 1.88 bits per heavy atom. The lowest BCUT2D eigenvalue weighted by Crippen LogP contribution is -2.45. The van der Waals surface area contributed by atoms with Gasteiger partial charge in [-0.2, -0.15) is 0 Å². The second kappa shape index (κ2) is 8.19. The van der Waals surface area contributed by atoms with Gasteiger partial charge in [0.1, 0.15) is 5.82 Å². The maximum absolute atomic E-state index is 13.1. The molecular formula is C21H24ClFN2O. The average molecular weight is 375 g/mol. The number of hydrogen-bond donors (Lipinski definition) is 2. The van der Waals surface area contributed by atoms with Crippen molar-refractivity contribution in [2.75, 3.05) is 11.9 Å². The number of nitrogens with one attached hydrogen (secondary N) is 2. The van der Waals surface area contributed by atoms with Crippen LogP contribution in [0, 0.1) is 5.82 Å². The van der Waals surface area contributed by atoms with Crippen molar-refractivity contribution in [2.45, 2.75) is 44.1 Å². The standard InChI is InChI=1S/C21H24ClFN2O/c1-15(20(26)25-19-10-9-17(23)13-18(19)22)24-14-21(11-5-6-12-21)16-7-3-2-4-8-16/h2-4,7-10,13,15,24H,5-6,11-12,14H2,1H3,(H,25,26). The molecule has 2 aromatic rings. The molecule has 0 spiro atoms. The molecule has 2 N–H and O–H groups in total. The second-order valence-corrected chi connectivity index (χ2v) is 7.48. The molecule has 0 aliphatic heterocycles. The molecule has 1 aliphatic carbocycles. The SMILES string of the molecule is CC(NCC1(c2ccccc2)CCCC1)C(=O)Nc1ccc(F)cc1Cl. The monoisotopic (exact) mass is 374 g/mol. The quantitative estimate of drug-likeness (QED) is 0.754. The fourth-order valence-electron chi connectivity index (χ4n) is 3.68. The Labute approximate surface area is 158 Å². The van der Waals surface area contributed by atoms with Crippen molar-refractivity contribution in [2.24, 2.45) is 0 Å². The molecule has 0 saturated heterocycles. The number of carbonyl (C=O) groups excluding carboxylic acids is 1. The Bertz CT molecular complexity index is 760. The van der Waals surface area contributed by atoms with Gasteiger partial charge in [-0.05, 0) is 43.5 Å². The number of hydrogen-bond acceptors (Lipinski definition) is 2. The summed E-state index contributed by atoms with van der Waals surface area (Å²) in [4.78, 5) is 12.5. The minimum Gasteiger partial charge on any atom is -0.323 e. The first-order chi connectivity index (χ1) is 12.5. The normalized spacial score (nSPS) is 17.0. The summed E-state index contributed by atoms with van der Waals surface area (Å²) in [6.07, 6.45) is 4.68. The Morgan fingerprint density at radius 3 is 2.54 bits per heavy atom. The first-order valence-corrected chi connectivity index (χ1v) is 9.43. The lowest BCUT2D eigenvalue weighted by atomic mass is 9.78. The summed E-state index contributed by atoms with van der Waals surface area (Å²) in [5.41, 5.74) is 1.84. The van der Waals surface area contributed by atoms with E-state index >= 15 is 0 Å². The molecule has 2 aromatic carbocycles. The summed E-state index contributed by atoms with van der Waals surface area (Å²) in [6.45, 7) is 2.59. The molecule has 0 bridgehead atoms. The van der Waals surface area contributed by atoms with Crippen LogP contribution in [0.15, 0.2) is 48.5 Å². The topological polar surface area (TPSA) is 41.1 Å². The largest absolute Gasteiger partial charge is 0.323 e. The van der Waals surface area contributed by atoms with E-state index in [0.29, 0.717) is 5.69 Å². The van der Waals surface area contributed by atoms with Crippen molar-refractivity contribution in [3.63, 3.8) is 0 Å². The molecule has 0 heterocycles. The third-order valence-corrected chi connectivity index (χ3v) is 5.59. The molecule has 1 atom stereocenters. The summed E-state index contributed by atoms with van der Waals surface area (Å²) in [7, 11) is 0. The van der Waals surface area contributed by atoms with E-state index in [-0.39, 0.29) is 22.4 Å². The van der Waals surface area contributed by atoms with Crippen LogP contribution < -0.4 is 10.6 Å². The van der Waals surface area contributed by atoms with Crippen LogP contribution >= 0.6 is 11.6 Å². The van der Waals surface area contributed by atoms with Crippen molar-refractivity contribution in [1.29, 1.82) is 0 Å². The molecule has 26 heavy (non-hydrogen) atoms. The van der Waals surface area contributed by atoms with Crippen LogP contribution in [0.25, 0.3) is 0 Å². The minimum atomic E-state index is -0.426. The van der Waals surface area contributed by atoms with E-state index in [1.807, 2.05) is 13.0 Å². The van der Waals surface area contributed by atoms with E-state index in [2.05, 4.69) is 34.9 Å². The highest BCUT2D eigenvalue weighted by molar-refractivity contribution is 6.33. The fraction of sp³-hybridized carbons (Fsp3) is 0.381. The van der Waals surface area contributed by atoms with Gasteiger partial charge in [0, 0.05) is 12.0 Å². The lowest BCUT2D eigenvalue weighted by Gasteiger charge is -2.31. The predicted molar refractivity (Wildman–Crippen MR) is 104 cm³/mol. The zero-order chi connectivity index (χ0) is 18.6. The Hall–Kier alpha value is -1.91. The summed E-state index contributed by atoms with van der Waals surface area (Å²) >= 11 is 5.99. The Kier molecular flexibility index (Phi) is 5.94. The van der Waals surface area contributed by atoms with E-state index in [9.17, 15) is 9.18 Å². The molecule has 5 heteroatoms. The van der Waals surface area contributed by atoms with Gasteiger partial charge in [-0.1, -0.05) is 54.8 Å². The molecule has 1 fully saturated rings. The summed E-state index contributed by atoms with van der Waals surface area (Å²) in [5.74, 6) is -0.607. The molecule has 3 rings (SSSR count). The van der Waals surface area contributed by atoms with Crippen LogP contribution in [-0.2, 0) is 10.2 Å². The molecule has 3 nitrogen and oxygen atoms in total. The van der Waals surface area contributed by atoms with Gasteiger partial charge in [0.2, 0.25) is 5.91 Å². The zero-order valence-corrected chi connectivity index (χ0v) is 15.7. The third kappa shape index (κ3) is 4.25. The number of rotatable bonds is 6. The first kappa shape index (κ1) is 18.9. The van der Waals surface area contributed by atoms with Gasteiger partial charge < -0.3 is 10.6 Å². The average Bonchev–Trinajstić information content (AvgIpc) is 3.13. The molecular weight excluding hydrogens is 351 g/mol. The van der Waals surface area contributed by atoms with Crippen LogP contribution in [0.1, 0.15) is 38.2 Å². The highest BCUT2D eigenvalue weighted by Crippen LogP contribution is 2.40. The maximum Gasteiger partial charge on any atom is 0.241 e. The minimum absolute atomic E-state index is 0.0866. The predicted octanol–water partition coefficient (Wildman–Crippen LogP) is 4.91. The summed E-state index contributed by atoms with van der Waals surface area (Å²) < 4.78 is 13.1. The van der Waals surface area contributed by atoms with Gasteiger partial charge in [0.05, 0.1) is 16.8 Å². The van der Waals surface area contributed by atoms with Crippen molar-refractivity contribution >= 4 is 23.2 Å².